The maximum atomic E-state index is 12.2. The second-order valence-corrected chi connectivity index (χ2v) is 15.7. The second-order valence-electron chi connectivity index (χ2n) is 15.7. The van der Waals surface area contributed by atoms with E-state index in [4.69, 9.17) is 20.4 Å². The minimum Gasteiger partial charge on any atom is -0.505 e. The number of esters is 1. The fraction of sp³-hybridized carbons (Fsp3) is 0.413. The van der Waals surface area contributed by atoms with Crippen LogP contribution in [0.2, 0.25) is 0 Å². The highest BCUT2D eigenvalue weighted by Crippen LogP contribution is 2.40. The van der Waals surface area contributed by atoms with Gasteiger partial charge in [0.1, 0.15) is 18.3 Å². The lowest BCUT2D eigenvalue weighted by Crippen LogP contribution is -2.35. The predicted molar refractivity (Wildman–Crippen MR) is 220 cm³/mol. The Kier molecular flexibility index (Phi) is 17.6. The smallest absolute Gasteiger partial charge is 0.377 e. The van der Waals surface area contributed by atoms with Crippen LogP contribution in [-0.4, -0.2) is 79.2 Å². The predicted octanol–water partition coefficient (Wildman–Crippen LogP) is 7.50. The van der Waals surface area contributed by atoms with Crippen LogP contribution < -0.4 is 0 Å². The zero-order chi connectivity index (χ0) is 42.5. The molecule has 0 aromatic carbocycles. The normalized spacial score (nSPS) is 24.8. The maximum absolute atomic E-state index is 12.2. The number of ether oxygens (including phenoxy) is 1. The fourth-order valence-corrected chi connectivity index (χ4v) is 6.45. The molecule has 0 radical (unpaired) electrons. The molecule has 0 unspecified atom stereocenters. The molecule has 10 nitrogen and oxygen atoms in total. The summed E-state index contributed by atoms with van der Waals surface area (Å²) in [6, 6.07) is 0. The number of carbonyl (C=O) groups is 3. The first kappa shape index (κ1) is 47.3. The topological polar surface area (TPSA) is 182 Å². The van der Waals surface area contributed by atoms with Crippen molar-refractivity contribution >= 4 is 17.5 Å². The zero-order valence-electron chi connectivity index (χ0n) is 34.3. The lowest BCUT2D eigenvalue weighted by molar-refractivity contribution is -0.147. The van der Waals surface area contributed by atoms with Crippen molar-refractivity contribution in [3.63, 3.8) is 0 Å². The molecule has 10 heteroatoms. The Morgan fingerprint density at radius 1 is 0.679 bits per heavy atom. The highest BCUT2D eigenvalue weighted by molar-refractivity contribution is 6.01. The number of hydrogen-bond acceptors (Lipinski definition) is 10. The van der Waals surface area contributed by atoms with Gasteiger partial charge in [0, 0.05) is 0 Å². The van der Waals surface area contributed by atoms with E-state index in [1.807, 2.05) is 74.6 Å². The third-order valence-corrected chi connectivity index (χ3v) is 9.79. The molecule has 0 spiro atoms. The minimum absolute atomic E-state index is 0.175. The van der Waals surface area contributed by atoms with E-state index >= 15 is 0 Å². The summed E-state index contributed by atoms with van der Waals surface area (Å²) in [4.78, 5) is 35.0. The Labute approximate surface area is 331 Å². The van der Waals surface area contributed by atoms with Crippen molar-refractivity contribution in [2.45, 2.75) is 106 Å². The van der Waals surface area contributed by atoms with E-state index in [0.717, 1.165) is 33.4 Å². The molecule has 1 aliphatic heterocycles. The average Bonchev–Trinajstić information content (AvgIpc) is 3.37. The summed E-state index contributed by atoms with van der Waals surface area (Å²) < 4.78 is 4.32. The van der Waals surface area contributed by atoms with Crippen molar-refractivity contribution in [1.82, 2.24) is 0 Å². The number of aliphatic hydroxyl groups excluding tert-OH is 6. The Morgan fingerprint density at radius 2 is 1.04 bits per heavy atom. The van der Waals surface area contributed by atoms with Crippen molar-refractivity contribution in [2.75, 3.05) is 6.61 Å². The number of cyclic esters (lactones) is 1. The quantitative estimate of drug-likeness (QED) is 0.0859. The highest BCUT2D eigenvalue weighted by atomic mass is 16.6. The summed E-state index contributed by atoms with van der Waals surface area (Å²) in [7, 11) is 0. The van der Waals surface area contributed by atoms with Crippen LogP contribution in [0.1, 0.15) is 82.1 Å². The SMILES string of the molecule is CC1=C(/C=C/C(C)=C/C=C/C(C)=C/C=C/C=C(C)/C=C/C=C(C)/C=C/C2=C(C)C(=O)[C@@H](O)CC2(C)C)C(C)(C)C[C@H](O)C1=O.O=C1O[C@H]([C@@H](O)CO)C(O)=C1O. The monoisotopic (exact) mass is 772 g/mol. The van der Waals surface area contributed by atoms with Gasteiger partial charge in [0.05, 0.1) is 6.61 Å². The third-order valence-electron chi connectivity index (χ3n) is 9.79. The van der Waals surface area contributed by atoms with Crippen molar-refractivity contribution in [3.05, 3.63) is 141 Å². The van der Waals surface area contributed by atoms with Crippen LogP contribution >= 0.6 is 0 Å². The summed E-state index contributed by atoms with van der Waals surface area (Å²) in [5.74, 6) is -3.13. The molecular formula is C46H60O10. The molecule has 3 aliphatic rings. The molecular weight excluding hydrogens is 712 g/mol. The number of allylic oxidation sites excluding steroid dienone is 20. The molecule has 6 N–H and O–H groups in total. The van der Waals surface area contributed by atoms with E-state index in [-0.39, 0.29) is 22.4 Å². The maximum Gasteiger partial charge on any atom is 0.377 e. The first-order chi connectivity index (χ1) is 26.0. The Hall–Kier alpha value is -4.87. The van der Waals surface area contributed by atoms with Gasteiger partial charge in [-0.2, -0.15) is 0 Å². The fourth-order valence-electron chi connectivity index (χ4n) is 6.45. The van der Waals surface area contributed by atoms with Gasteiger partial charge in [-0.25, -0.2) is 4.79 Å². The van der Waals surface area contributed by atoms with Gasteiger partial charge >= 0.3 is 5.97 Å². The third kappa shape index (κ3) is 13.4. The second kappa shape index (κ2) is 20.9. The number of rotatable bonds is 12. The highest BCUT2D eigenvalue weighted by Gasteiger charge is 2.39. The molecule has 0 aromatic rings. The molecule has 4 atom stereocenters. The van der Waals surface area contributed by atoms with Crippen molar-refractivity contribution in [3.8, 4) is 0 Å². The minimum atomic E-state index is -1.42. The van der Waals surface area contributed by atoms with Crippen LogP contribution in [0.5, 0.6) is 0 Å². The van der Waals surface area contributed by atoms with Gasteiger partial charge in [0.25, 0.3) is 0 Å². The van der Waals surface area contributed by atoms with Crippen LogP contribution in [0.25, 0.3) is 0 Å². The van der Waals surface area contributed by atoms with Crippen LogP contribution in [0.15, 0.2) is 141 Å². The van der Waals surface area contributed by atoms with Crippen LogP contribution in [0.4, 0.5) is 0 Å². The van der Waals surface area contributed by atoms with Crippen LogP contribution in [0.3, 0.4) is 0 Å². The van der Waals surface area contributed by atoms with Crippen LogP contribution in [0, 0.1) is 10.8 Å². The first-order valence-electron chi connectivity index (χ1n) is 18.6. The Morgan fingerprint density at radius 3 is 1.38 bits per heavy atom. The number of ketones is 2. The summed E-state index contributed by atoms with van der Waals surface area (Å²) in [6.45, 7) is 19.3. The number of Topliss-reactive ketones (excluding diaryl/α,β-unsaturated/α-hetero) is 2. The van der Waals surface area contributed by atoms with E-state index in [9.17, 15) is 24.6 Å². The van der Waals surface area contributed by atoms with Gasteiger partial charge in [-0.1, -0.05) is 135 Å². The Balaban J connectivity index is 0.000000764. The van der Waals surface area contributed by atoms with Crippen molar-refractivity contribution in [1.29, 1.82) is 0 Å². The van der Waals surface area contributed by atoms with E-state index < -0.39 is 48.5 Å². The Bertz CT molecular complexity index is 1770. The van der Waals surface area contributed by atoms with Gasteiger partial charge in [0.15, 0.2) is 23.4 Å². The molecule has 0 bridgehead atoms. The largest absolute Gasteiger partial charge is 0.505 e. The van der Waals surface area contributed by atoms with Gasteiger partial charge in [-0.05, 0) is 87.5 Å². The molecule has 2 aliphatic carbocycles. The molecule has 0 fully saturated rings. The lowest BCUT2D eigenvalue weighted by atomic mass is 9.71. The summed E-state index contributed by atoms with van der Waals surface area (Å²) >= 11 is 0. The molecule has 0 aromatic heterocycles. The molecule has 304 valence electrons. The summed E-state index contributed by atoms with van der Waals surface area (Å²) in [5, 5.41) is 55.1. The zero-order valence-corrected chi connectivity index (χ0v) is 34.3. The van der Waals surface area contributed by atoms with E-state index in [2.05, 4.69) is 70.6 Å². The molecule has 1 heterocycles. The molecule has 56 heavy (non-hydrogen) atoms. The summed E-state index contributed by atoms with van der Waals surface area (Å²) in [5.41, 5.74) is 7.16. The van der Waals surface area contributed by atoms with E-state index in [1.54, 1.807) is 13.8 Å². The molecule has 0 saturated carbocycles. The average molecular weight is 773 g/mol. The summed E-state index contributed by atoms with van der Waals surface area (Å²) in [6.07, 6.45) is 24.7. The number of aliphatic hydroxyl groups is 6. The van der Waals surface area contributed by atoms with Gasteiger partial charge in [-0.15, -0.1) is 0 Å². The van der Waals surface area contributed by atoms with Crippen molar-refractivity contribution < 1.29 is 49.8 Å². The first-order valence-corrected chi connectivity index (χ1v) is 18.6. The van der Waals surface area contributed by atoms with Gasteiger partial charge in [0.2, 0.25) is 5.76 Å². The lowest BCUT2D eigenvalue weighted by Gasteiger charge is -2.34. The van der Waals surface area contributed by atoms with Gasteiger partial charge < -0.3 is 35.4 Å². The number of hydrogen-bond donors (Lipinski definition) is 6. The molecule has 0 amide bonds. The van der Waals surface area contributed by atoms with Crippen molar-refractivity contribution in [2.24, 2.45) is 10.8 Å². The molecule has 0 saturated heterocycles. The van der Waals surface area contributed by atoms with E-state index in [1.165, 1.54) is 0 Å². The van der Waals surface area contributed by atoms with Crippen LogP contribution in [-0.2, 0) is 19.1 Å². The van der Waals surface area contributed by atoms with E-state index in [0.29, 0.717) is 24.0 Å². The standard InChI is InChI=1S/C40H52O4.C6H8O6/c1-27(17-13-19-29(3)21-23-33-31(5)37(43)35(41)25-39(33,7)8)15-11-12-16-28(2)18-14-20-30(4)22-24-34-32(6)38(44)36(42)26-40(34,9)10;7-1-2(8)5-3(9)4(10)6(11)12-5/h11-24,35-36,41-42H,25-26H2,1-10H3;2,5,7-10H,1H2/b12-11+,17-13+,18-14+,23-21+,24-22+,27-15+,28-16+,29-19+,30-20+;/t35-,36-;2-,5+/m00/s1. The van der Waals surface area contributed by atoms with Gasteiger partial charge in [-0.3, -0.25) is 9.59 Å². The number of carbonyl (C=O) groups excluding carboxylic acids is 3. The molecule has 3 rings (SSSR count).